The maximum atomic E-state index is 12.5. The van der Waals surface area contributed by atoms with Crippen LogP contribution in [0.25, 0.3) is 0 Å². The molecule has 0 aliphatic carbocycles. The summed E-state index contributed by atoms with van der Waals surface area (Å²) in [4.78, 5) is 26.8. The molecule has 0 radical (unpaired) electrons. The topological polar surface area (TPSA) is 43.4 Å². The minimum Gasteiger partial charge on any atom is -0.457 e. The Kier molecular flexibility index (Phi) is 6.70. The van der Waals surface area contributed by atoms with Crippen LogP contribution in [-0.2, 0) is 14.3 Å². The molecule has 0 saturated carbocycles. The number of carbonyl (C=O) groups is 2. The zero-order valence-corrected chi connectivity index (χ0v) is 14.6. The summed E-state index contributed by atoms with van der Waals surface area (Å²) in [6.45, 7) is 3.42. The van der Waals surface area contributed by atoms with Gasteiger partial charge in [0.25, 0.3) is 0 Å². The molecule has 0 bridgehead atoms. The van der Waals surface area contributed by atoms with E-state index in [1.165, 1.54) is 6.92 Å². The number of hydrogen-bond acceptors (Lipinski definition) is 3. The van der Waals surface area contributed by atoms with Gasteiger partial charge < -0.3 is 4.74 Å². The van der Waals surface area contributed by atoms with Gasteiger partial charge in [-0.2, -0.15) is 0 Å². The Balaban J connectivity index is 2.61. The summed E-state index contributed by atoms with van der Waals surface area (Å²) in [6.07, 6.45) is 3.54. The number of Topliss-reactive ketones (excluding diaryl/α,β-unsaturated/α-hetero) is 1. The maximum Gasteiger partial charge on any atom is 0.348 e. The highest BCUT2D eigenvalue weighted by Gasteiger charge is 2.22. The zero-order chi connectivity index (χ0) is 17.4. The van der Waals surface area contributed by atoms with Crippen LogP contribution < -0.4 is 0 Å². The fourth-order valence-electron chi connectivity index (χ4n) is 2.14. The first-order valence-electron chi connectivity index (χ1n) is 7.65. The number of allylic oxidation sites excluding steroid dienone is 1. The van der Waals surface area contributed by atoms with Crippen LogP contribution >= 0.6 is 10.5 Å². The molecule has 124 valence electrons. The molecule has 24 heavy (non-hydrogen) atoms. The number of ketones is 1. The summed E-state index contributed by atoms with van der Waals surface area (Å²) < 4.78 is 5.25. The Morgan fingerprint density at radius 3 is 1.88 bits per heavy atom. The average molecular weight is 340 g/mol. The van der Waals surface area contributed by atoms with Crippen molar-refractivity contribution in [1.29, 1.82) is 0 Å². The van der Waals surface area contributed by atoms with Crippen LogP contribution in [0.5, 0.6) is 0 Å². The molecule has 0 aromatic heterocycles. The number of esters is 1. The third-order valence-electron chi connectivity index (χ3n) is 3.21. The molecule has 3 nitrogen and oxygen atoms in total. The van der Waals surface area contributed by atoms with Crippen molar-refractivity contribution in [2.75, 3.05) is 6.61 Å². The van der Waals surface area contributed by atoms with Gasteiger partial charge in [0.2, 0.25) is 0 Å². The van der Waals surface area contributed by atoms with Crippen LogP contribution in [0.3, 0.4) is 0 Å². The SMILES string of the molecule is C/C=C/COC(=O)C(C(C)=O)=S(c1ccccc1)c1ccccc1. The minimum absolute atomic E-state index is 0.160. The first-order chi connectivity index (χ1) is 11.6. The third-order valence-corrected chi connectivity index (χ3v) is 5.56. The number of benzene rings is 2. The van der Waals surface area contributed by atoms with Gasteiger partial charge in [0.15, 0.2) is 5.78 Å². The van der Waals surface area contributed by atoms with E-state index in [-0.39, 0.29) is 17.3 Å². The summed E-state index contributed by atoms with van der Waals surface area (Å²) in [5, 5.41) is 0. The minimum atomic E-state index is -0.786. The molecule has 0 atom stereocenters. The third kappa shape index (κ3) is 4.52. The van der Waals surface area contributed by atoms with Crippen molar-refractivity contribution in [1.82, 2.24) is 0 Å². The summed E-state index contributed by atoms with van der Waals surface area (Å²) >= 11 is 0. The molecule has 0 N–H and O–H groups in total. The highest BCUT2D eigenvalue weighted by Crippen LogP contribution is 2.37. The van der Waals surface area contributed by atoms with Gasteiger partial charge in [-0.05, 0) is 38.1 Å². The van der Waals surface area contributed by atoms with Gasteiger partial charge in [-0.1, -0.05) is 48.6 Å². The summed E-state index contributed by atoms with van der Waals surface area (Å²) in [5.74, 6) is -0.826. The van der Waals surface area contributed by atoms with E-state index in [9.17, 15) is 9.59 Å². The lowest BCUT2D eigenvalue weighted by molar-refractivity contribution is -0.134. The van der Waals surface area contributed by atoms with Gasteiger partial charge in [0.05, 0.1) is 0 Å². The van der Waals surface area contributed by atoms with Crippen molar-refractivity contribution < 1.29 is 14.3 Å². The molecule has 0 fully saturated rings. The number of hydrogen-bond donors (Lipinski definition) is 0. The lowest BCUT2D eigenvalue weighted by atomic mass is 10.3. The average Bonchev–Trinajstić information content (AvgIpc) is 2.60. The predicted molar refractivity (Wildman–Crippen MR) is 98.5 cm³/mol. The van der Waals surface area contributed by atoms with E-state index >= 15 is 0 Å². The molecule has 0 aliphatic rings. The van der Waals surface area contributed by atoms with Crippen molar-refractivity contribution in [2.24, 2.45) is 0 Å². The summed E-state index contributed by atoms with van der Waals surface area (Å²) in [6, 6.07) is 19.2. The number of carbonyl (C=O) groups excluding carboxylic acids is 2. The predicted octanol–water partition coefficient (Wildman–Crippen LogP) is 4.25. The molecule has 4 heteroatoms. The van der Waals surface area contributed by atoms with Gasteiger partial charge in [0, 0.05) is 9.79 Å². The van der Waals surface area contributed by atoms with Crippen molar-refractivity contribution in [3.63, 3.8) is 0 Å². The molecule has 0 heterocycles. The fourth-order valence-corrected chi connectivity index (χ4v) is 4.26. The second-order valence-electron chi connectivity index (χ2n) is 4.99. The van der Waals surface area contributed by atoms with Gasteiger partial charge >= 0.3 is 5.97 Å². The monoisotopic (exact) mass is 340 g/mol. The number of rotatable bonds is 6. The van der Waals surface area contributed by atoms with E-state index < -0.39 is 16.5 Å². The Labute approximate surface area is 144 Å². The Bertz CT molecular complexity index is 720. The molecular weight excluding hydrogens is 320 g/mol. The van der Waals surface area contributed by atoms with Gasteiger partial charge in [-0.15, -0.1) is 10.5 Å². The molecular formula is C20H20O3S. The fraction of sp³-hybridized carbons (Fsp3) is 0.150. The molecule has 0 aliphatic heterocycles. The number of ether oxygens (including phenoxy) is 1. The summed E-state index contributed by atoms with van der Waals surface area (Å²) in [5.41, 5.74) is 0. The van der Waals surface area contributed by atoms with Crippen LogP contribution in [0, 0.1) is 0 Å². The van der Waals surface area contributed by atoms with Crippen molar-refractivity contribution in [3.8, 4) is 0 Å². The van der Waals surface area contributed by atoms with Crippen LogP contribution in [0.1, 0.15) is 13.8 Å². The van der Waals surface area contributed by atoms with E-state index in [1.54, 1.807) is 12.2 Å². The first kappa shape index (κ1) is 17.9. The second kappa shape index (κ2) is 8.99. The lowest BCUT2D eigenvalue weighted by Gasteiger charge is -2.15. The Morgan fingerprint density at radius 2 is 1.46 bits per heavy atom. The van der Waals surface area contributed by atoms with E-state index in [2.05, 4.69) is 0 Å². The van der Waals surface area contributed by atoms with Crippen molar-refractivity contribution >= 4 is 27.1 Å². The smallest absolute Gasteiger partial charge is 0.348 e. The van der Waals surface area contributed by atoms with Crippen LogP contribution in [0.2, 0.25) is 0 Å². The van der Waals surface area contributed by atoms with E-state index in [4.69, 9.17) is 4.74 Å². The summed E-state index contributed by atoms with van der Waals surface area (Å²) in [7, 11) is -0.786. The van der Waals surface area contributed by atoms with Crippen LogP contribution in [0.4, 0.5) is 0 Å². The Hall–Kier alpha value is -2.46. The van der Waals surface area contributed by atoms with Gasteiger partial charge in [-0.25, -0.2) is 4.79 Å². The Morgan fingerprint density at radius 1 is 0.958 bits per heavy atom. The highest BCUT2D eigenvalue weighted by molar-refractivity contribution is 8.18. The second-order valence-corrected chi connectivity index (χ2v) is 6.95. The van der Waals surface area contributed by atoms with Gasteiger partial charge in [0.1, 0.15) is 11.5 Å². The highest BCUT2D eigenvalue weighted by atomic mass is 32.2. The molecule has 0 amide bonds. The van der Waals surface area contributed by atoms with Crippen LogP contribution in [0.15, 0.2) is 82.6 Å². The van der Waals surface area contributed by atoms with Crippen molar-refractivity contribution in [3.05, 3.63) is 72.8 Å². The van der Waals surface area contributed by atoms with E-state index in [1.807, 2.05) is 67.6 Å². The molecule has 2 rings (SSSR count). The molecule has 2 aromatic carbocycles. The zero-order valence-electron chi connectivity index (χ0n) is 13.8. The molecule has 0 saturated heterocycles. The normalized spacial score (nSPS) is 10.8. The van der Waals surface area contributed by atoms with E-state index in [0.717, 1.165) is 9.79 Å². The van der Waals surface area contributed by atoms with E-state index in [0.29, 0.717) is 0 Å². The molecule has 0 spiro atoms. The van der Waals surface area contributed by atoms with Gasteiger partial charge in [-0.3, -0.25) is 4.79 Å². The molecule has 2 aromatic rings. The lowest BCUT2D eigenvalue weighted by Crippen LogP contribution is -2.25. The van der Waals surface area contributed by atoms with Crippen LogP contribution in [-0.4, -0.2) is 23.2 Å². The largest absolute Gasteiger partial charge is 0.457 e. The first-order valence-corrected chi connectivity index (χ1v) is 8.88. The molecule has 0 unspecified atom stereocenters. The quantitative estimate of drug-likeness (QED) is 0.342. The standard InChI is InChI=1S/C20H20O3S/c1-3-4-15-23-20(22)19(16(2)21)24(17-11-7-5-8-12-17)18-13-9-6-10-14-18/h3-14H,15H2,1-2H3/b4-3+. The maximum absolute atomic E-state index is 12.5. The van der Waals surface area contributed by atoms with Crippen molar-refractivity contribution in [2.45, 2.75) is 23.6 Å².